The summed E-state index contributed by atoms with van der Waals surface area (Å²) in [6.45, 7) is 0.381. The molecule has 11 nitrogen and oxygen atoms in total. The second-order valence-electron chi connectivity index (χ2n) is 8.79. The summed E-state index contributed by atoms with van der Waals surface area (Å²) >= 11 is 0. The van der Waals surface area contributed by atoms with Crippen LogP contribution >= 0.6 is 0 Å². The summed E-state index contributed by atoms with van der Waals surface area (Å²) in [4.78, 5) is 30.7. The van der Waals surface area contributed by atoms with Crippen molar-refractivity contribution in [2.45, 2.75) is 32.0 Å². The number of benzene rings is 1. The Morgan fingerprint density at radius 1 is 1.35 bits per heavy atom. The summed E-state index contributed by atoms with van der Waals surface area (Å²) in [5.74, 6) is -1.02. The van der Waals surface area contributed by atoms with E-state index in [4.69, 9.17) is 15.1 Å². The van der Waals surface area contributed by atoms with Gasteiger partial charge in [-0.1, -0.05) is 13.0 Å². The minimum atomic E-state index is -4.48. The van der Waals surface area contributed by atoms with E-state index in [0.29, 0.717) is 23.2 Å². The number of hydrogen-bond acceptors (Lipinski definition) is 7. The molecule has 0 bridgehead atoms. The van der Waals surface area contributed by atoms with Gasteiger partial charge in [0.15, 0.2) is 12.4 Å². The van der Waals surface area contributed by atoms with Gasteiger partial charge in [-0.05, 0) is 41.8 Å². The van der Waals surface area contributed by atoms with Crippen LogP contribution in [0.1, 0.15) is 56.2 Å². The predicted octanol–water partition coefficient (Wildman–Crippen LogP) is 2.02. The Morgan fingerprint density at radius 3 is 2.75 bits per heavy atom. The van der Waals surface area contributed by atoms with Crippen molar-refractivity contribution < 1.29 is 31.7 Å². The molecule has 15 heteroatoms. The summed E-state index contributed by atoms with van der Waals surface area (Å²) < 4.78 is 55.1. The fourth-order valence-corrected chi connectivity index (χ4v) is 4.60. The molecule has 0 radical (unpaired) electrons. The van der Waals surface area contributed by atoms with E-state index < -0.39 is 41.6 Å². The van der Waals surface area contributed by atoms with Crippen LogP contribution in [0.4, 0.5) is 13.2 Å². The second-order valence-corrected chi connectivity index (χ2v) is 9.96. The fourth-order valence-electron chi connectivity index (χ4n) is 4.29. The van der Waals surface area contributed by atoms with Gasteiger partial charge in [0.2, 0.25) is 0 Å². The van der Waals surface area contributed by atoms with Gasteiger partial charge < -0.3 is 15.4 Å². The first-order chi connectivity index (χ1) is 19.0. The molecule has 1 aromatic carbocycles. The van der Waals surface area contributed by atoms with E-state index in [9.17, 15) is 27.0 Å². The second kappa shape index (κ2) is 11.8. The van der Waals surface area contributed by atoms with Crippen molar-refractivity contribution in [2.75, 3.05) is 18.9 Å². The minimum absolute atomic E-state index is 0.00602. The zero-order valence-corrected chi connectivity index (χ0v) is 21.9. The number of fused-ring (bicyclic) bond motifs is 1. The summed E-state index contributed by atoms with van der Waals surface area (Å²) in [5, 5.41) is 24.3. The quantitative estimate of drug-likeness (QED) is 0.351. The Labute approximate surface area is 229 Å². The van der Waals surface area contributed by atoms with Crippen molar-refractivity contribution >= 4 is 22.8 Å². The van der Waals surface area contributed by atoms with Crippen molar-refractivity contribution in [1.29, 1.82) is 5.26 Å². The third-order valence-corrected chi connectivity index (χ3v) is 6.67. The first-order valence-corrected chi connectivity index (χ1v) is 13.4. The van der Waals surface area contributed by atoms with E-state index in [0.717, 1.165) is 0 Å². The van der Waals surface area contributed by atoms with Gasteiger partial charge in [-0.25, -0.2) is 13.9 Å². The number of hydrogen-bond donors (Lipinski definition) is 3. The van der Waals surface area contributed by atoms with Gasteiger partial charge in [0.1, 0.15) is 17.5 Å². The number of pyridine rings is 1. The standard InChI is InChI=1S/C25H24F3N7O4S/c1-2-15-9-16(39-13-25(26,27)28)4-5-17(15)18-10-19-21(23(36)33-18)22(24(37)31-7-8-40(30)38)35(34-19)20-6-3-14(11-29)12-32-20/h3-6,9,12,18H,2,7-8,10,13,30H2,1H3,(H,31,37)(H,33,36). The maximum absolute atomic E-state index is 13.4. The maximum Gasteiger partial charge on any atom is 0.422 e. The Balaban J connectivity index is 1.70. The molecule has 4 rings (SSSR count). The number of nitriles is 1. The number of nitrogens with zero attached hydrogens (tertiary/aromatic N) is 4. The number of alkyl halides is 3. The summed E-state index contributed by atoms with van der Waals surface area (Å²) in [7, 11) is -1.64. The highest BCUT2D eigenvalue weighted by Crippen LogP contribution is 2.32. The van der Waals surface area contributed by atoms with Crippen molar-refractivity contribution in [1.82, 2.24) is 25.4 Å². The molecular weight excluding hydrogens is 551 g/mol. The zero-order valence-electron chi connectivity index (χ0n) is 21.1. The molecular formula is C25H24F3N7O4S. The number of carbonyl (C=O) groups is 2. The highest BCUT2D eigenvalue weighted by atomic mass is 32.2. The molecule has 1 aliphatic heterocycles. The van der Waals surface area contributed by atoms with E-state index in [1.54, 1.807) is 6.07 Å². The summed E-state index contributed by atoms with van der Waals surface area (Å²) in [6, 6.07) is 8.84. The van der Waals surface area contributed by atoms with Crippen LogP contribution in [-0.2, 0) is 23.8 Å². The molecule has 0 fully saturated rings. The average molecular weight is 576 g/mol. The van der Waals surface area contributed by atoms with Gasteiger partial charge in [0.05, 0.1) is 39.6 Å². The lowest BCUT2D eigenvalue weighted by Crippen LogP contribution is -2.38. The number of rotatable bonds is 9. The van der Waals surface area contributed by atoms with Crippen LogP contribution in [0.15, 0.2) is 36.5 Å². The SMILES string of the molecule is CCc1cc(OCC(F)(F)F)ccc1C1Cc2nn(-c3ccc(C#N)cn3)c(C(=O)NCCS(N)=O)c2C(=O)N1. The Kier molecular flexibility index (Phi) is 8.50. The largest absolute Gasteiger partial charge is 0.484 e. The molecule has 0 spiro atoms. The van der Waals surface area contributed by atoms with Crippen molar-refractivity contribution in [3.63, 3.8) is 0 Å². The van der Waals surface area contributed by atoms with Crippen molar-refractivity contribution in [3.05, 3.63) is 70.2 Å². The van der Waals surface area contributed by atoms with Gasteiger partial charge in [-0.3, -0.25) is 14.7 Å². The van der Waals surface area contributed by atoms with E-state index in [1.165, 1.54) is 35.1 Å². The van der Waals surface area contributed by atoms with Gasteiger partial charge in [0.25, 0.3) is 11.8 Å². The average Bonchev–Trinajstić information content (AvgIpc) is 3.31. The number of aromatic nitrogens is 3. The molecule has 0 saturated carbocycles. The topological polar surface area (TPSA) is 165 Å². The lowest BCUT2D eigenvalue weighted by Gasteiger charge is -2.26. The number of carbonyl (C=O) groups excluding carboxylic acids is 2. The molecule has 4 N–H and O–H groups in total. The number of aryl methyl sites for hydroxylation is 1. The Morgan fingerprint density at radius 2 is 2.12 bits per heavy atom. The minimum Gasteiger partial charge on any atom is -0.484 e. The third kappa shape index (κ3) is 6.46. The summed E-state index contributed by atoms with van der Waals surface area (Å²) in [6.07, 6.45) is -2.55. The molecule has 2 atom stereocenters. The molecule has 2 aromatic heterocycles. The van der Waals surface area contributed by atoms with Gasteiger partial charge >= 0.3 is 6.18 Å². The first-order valence-electron chi connectivity index (χ1n) is 12.0. The highest BCUT2D eigenvalue weighted by Gasteiger charge is 2.36. The smallest absolute Gasteiger partial charge is 0.422 e. The lowest BCUT2D eigenvalue weighted by atomic mass is 9.91. The van der Waals surface area contributed by atoms with Crippen LogP contribution in [-0.4, -0.2) is 55.9 Å². The molecule has 2 unspecified atom stereocenters. The normalized spacial score (nSPS) is 15.5. The zero-order chi connectivity index (χ0) is 29.0. The molecule has 0 aliphatic carbocycles. The molecule has 1 aliphatic rings. The number of amides is 2. The molecule has 2 amide bonds. The van der Waals surface area contributed by atoms with Crippen LogP contribution in [0.5, 0.6) is 5.75 Å². The Hall–Kier alpha value is -4.29. The number of nitrogens with one attached hydrogen (secondary N) is 2. The van der Waals surface area contributed by atoms with Crippen LogP contribution < -0.4 is 20.5 Å². The van der Waals surface area contributed by atoms with Crippen molar-refractivity contribution in [3.8, 4) is 17.6 Å². The molecule has 40 heavy (non-hydrogen) atoms. The molecule has 3 aromatic rings. The van der Waals surface area contributed by atoms with Crippen LogP contribution in [0.2, 0.25) is 0 Å². The fraction of sp³-hybridized carbons (Fsp3) is 0.320. The number of ether oxygens (including phenoxy) is 1. The first kappa shape index (κ1) is 28.7. The summed E-state index contributed by atoms with van der Waals surface area (Å²) in [5.41, 5.74) is 1.85. The monoisotopic (exact) mass is 575 g/mol. The van der Waals surface area contributed by atoms with E-state index >= 15 is 0 Å². The molecule has 210 valence electrons. The van der Waals surface area contributed by atoms with Crippen LogP contribution in [0.25, 0.3) is 5.82 Å². The molecule has 3 heterocycles. The predicted molar refractivity (Wildman–Crippen MR) is 137 cm³/mol. The number of nitrogens with two attached hydrogens (primary N) is 1. The van der Waals surface area contributed by atoms with E-state index in [1.807, 2.05) is 13.0 Å². The third-order valence-electron chi connectivity index (χ3n) is 6.06. The Bertz CT molecular complexity index is 1500. The van der Waals surface area contributed by atoms with E-state index in [-0.39, 0.29) is 47.1 Å². The van der Waals surface area contributed by atoms with Gasteiger partial charge in [0, 0.05) is 19.2 Å². The van der Waals surface area contributed by atoms with Crippen molar-refractivity contribution in [2.24, 2.45) is 5.14 Å². The van der Waals surface area contributed by atoms with Crippen LogP contribution in [0, 0.1) is 11.3 Å². The van der Waals surface area contributed by atoms with Gasteiger partial charge in [-0.15, -0.1) is 0 Å². The van der Waals surface area contributed by atoms with E-state index in [2.05, 4.69) is 20.7 Å². The lowest BCUT2D eigenvalue weighted by molar-refractivity contribution is -0.153. The van der Waals surface area contributed by atoms with Gasteiger partial charge in [-0.2, -0.15) is 23.5 Å². The molecule has 0 saturated heterocycles. The maximum atomic E-state index is 13.4. The van der Waals surface area contributed by atoms with Crippen LogP contribution in [0.3, 0.4) is 0 Å². The number of halogens is 3. The highest BCUT2D eigenvalue weighted by molar-refractivity contribution is 7.82.